The van der Waals surface area contributed by atoms with Gasteiger partial charge in [0, 0.05) is 23.7 Å². The summed E-state index contributed by atoms with van der Waals surface area (Å²) >= 11 is 4.55. The summed E-state index contributed by atoms with van der Waals surface area (Å²) in [5.41, 5.74) is -3.80. The van der Waals surface area contributed by atoms with Crippen LogP contribution in [-0.4, -0.2) is 10.5 Å². The van der Waals surface area contributed by atoms with E-state index in [0.29, 0.717) is 0 Å². The molecule has 0 fully saturated rings. The molecule has 0 aliphatic carbocycles. The molecule has 1 rings (SSSR count). The van der Waals surface area contributed by atoms with Crippen LogP contribution in [0.2, 0.25) is 0 Å². The van der Waals surface area contributed by atoms with Crippen LogP contribution in [0.25, 0.3) is 0 Å². The summed E-state index contributed by atoms with van der Waals surface area (Å²) in [7, 11) is 0. The number of nitro groups is 1. The van der Waals surface area contributed by atoms with E-state index in [4.69, 9.17) is 0 Å². The van der Waals surface area contributed by atoms with Crippen LogP contribution in [0.4, 0.5) is 14.5 Å². The fraction of sp³-hybridized carbons (Fsp3) is 0.250. The first kappa shape index (κ1) is 11.6. The van der Waals surface area contributed by atoms with E-state index >= 15 is 0 Å². The number of alkyl halides is 3. The lowest BCUT2D eigenvalue weighted by atomic mass is 10.2. The number of hydrogen-bond acceptors (Lipinski definition) is 3. The molecule has 0 aliphatic heterocycles. The molecular weight excluding hydrogens is 232 g/mol. The van der Waals surface area contributed by atoms with Gasteiger partial charge in [-0.15, -0.1) is 8.78 Å². The lowest BCUT2D eigenvalue weighted by Crippen LogP contribution is -2.16. The average molecular weight is 238 g/mol. The number of aryl methyl sites for hydroxylation is 1. The van der Waals surface area contributed by atoms with Gasteiger partial charge in [-0.25, -0.2) is 0 Å². The van der Waals surface area contributed by atoms with E-state index < -0.39 is 10.5 Å². The van der Waals surface area contributed by atoms with Gasteiger partial charge >= 0.3 is 5.57 Å². The van der Waals surface area contributed by atoms with Gasteiger partial charge in [0.2, 0.25) is 0 Å². The van der Waals surface area contributed by atoms with Crippen LogP contribution in [0.3, 0.4) is 0 Å². The number of halogens is 3. The zero-order valence-electron chi connectivity index (χ0n) is 7.54. The molecule has 0 N–H and O–H groups in total. The summed E-state index contributed by atoms with van der Waals surface area (Å²) in [5, 5.41) is 10.3. The Balaban J connectivity index is 2.99. The van der Waals surface area contributed by atoms with Crippen molar-refractivity contribution in [3.05, 3.63) is 33.9 Å². The Kier molecular flexibility index (Phi) is 3.09. The summed E-state index contributed by atoms with van der Waals surface area (Å²) < 4.78 is 28.6. The molecule has 1 aromatic carbocycles. The molecule has 0 saturated heterocycles. The monoisotopic (exact) mass is 237 g/mol. The van der Waals surface area contributed by atoms with E-state index in [2.05, 4.69) is 16.3 Å². The second-order valence-corrected chi connectivity index (χ2v) is 3.19. The summed E-state index contributed by atoms with van der Waals surface area (Å²) in [5.74, 6) is -0.194. The molecule has 1 aromatic rings. The quantitative estimate of drug-likeness (QED) is 0.461. The molecule has 0 spiro atoms. The Labute approximate surface area is 88.6 Å². The highest BCUT2D eigenvalue weighted by Crippen LogP contribution is 2.29. The molecule has 0 aromatic heterocycles. The van der Waals surface area contributed by atoms with E-state index in [1.54, 1.807) is 0 Å². The number of nitrogens with zero attached hydrogens (tertiary/aromatic N) is 1. The first-order valence-corrected chi connectivity index (χ1v) is 4.18. The first-order valence-electron chi connectivity index (χ1n) is 3.80. The number of hydrogen-bond donors (Lipinski definition) is 0. The highest BCUT2D eigenvalue weighted by Gasteiger charge is 2.28. The molecule has 0 saturated carbocycles. The minimum atomic E-state index is -3.82. The van der Waals surface area contributed by atoms with Crippen molar-refractivity contribution >= 4 is 17.3 Å². The third kappa shape index (κ3) is 3.32. The molecule has 0 aliphatic rings. The van der Waals surface area contributed by atoms with Crippen LogP contribution < -0.4 is 4.74 Å². The van der Waals surface area contributed by atoms with Gasteiger partial charge in [0.25, 0.3) is 5.69 Å². The Morgan fingerprint density at radius 3 is 2.53 bits per heavy atom. The average Bonchev–Trinajstić information content (AvgIpc) is 2.05. The van der Waals surface area contributed by atoms with Crippen molar-refractivity contribution in [1.29, 1.82) is 0 Å². The SMILES string of the molecule is Cc1cc([N+](=O)[O-])ccc1OC(F)(F)Cl. The molecule has 15 heavy (non-hydrogen) atoms. The third-order valence-electron chi connectivity index (χ3n) is 1.60. The molecule has 7 heteroatoms. The molecule has 0 radical (unpaired) electrons. The topological polar surface area (TPSA) is 52.4 Å². The predicted octanol–water partition coefficient (Wildman–Crippen LogP) is 3.07. The maximum atomic E-state index is 12.3. The molecule has 0 heterocycles. The minimum Gasteiger partial charge on any atom is -0.420 e. The van der Waals surface area contributed by atoms with Gasteiger partial charge in [-0.3, -0.25) is 10.1 Å². The second kappa shape index (κ2) is 3.98. The van der Waals surface area contributed by atoms with Gasteiger partial charge in [0.05, 0.1) is 4.92 Å². The van der Waals surface area contributed by atoms with E-state index in [0.717, 1.165) is 18.2 Å². The maximum absolute atomic E-state index is 12.3. The van der Waals surface area contributed by atoms with Crippen LogP contribution in [-0.2, 0) is 0 Å². The fourth-order valence-corrected chi connectivity index (χ4v) is 1.07. The van der Waals surface area contributed by atoms with E-state index in [9.17, 15) is 18.9 Å². The van der Waals surface area contributed by atoms with Crippen molar-refractivity contribution in [1.82, 2.24) is 0 Å². The zero-order valence-corrected chi connectivity index (χ0v) is 8.29. The molecule has 82 valence electrons. The Bertz CT molecular complexity index is 392. The lowest BCUT2D eigenvalue weighted by molar-refractivity contribution is -0.384. The van der Waals surface area contributed by atoms with Crippen molar-refractivity contribution in [2.45, 2.75) is 12.5 Å². The molecule has 0 unspecified atom stereocenters. The molecule has 4 nitrogen and oxygen atoms in total. The van der Waals surface area contributed by atoms with Gasteiger partial charge in [-0.2, -0.15) is 0 Å². The summed E-state index contributed by atoms with van der Waals surface area (Å²) in [6.07, 6.45) is 0. The Morgan fingerprint density at radius 2 is 2.13 bits per heavy atom. The third-order valence-corrected chi connectivity index (χ3v) is 1.67. The normalized spacial score (nSPS) is 11.2. The van der Waals surface area contributed by atoms with E-state index in [-0.39, 0.29) is 17.0 Å². The standard InChI is InChI=1S/C8H6ClF2NO3/c1-5-4-6(12(13)14)2-3-7(5)15-8(9,10)11/h2-4H,1H3. The summed E-state index contributed by atoms with van der Waals surface area (Å²) in [6.45, 7) is 1.41. The van der Waals surface area contributed by atoms with Gasteiger partial charge in [-0.05, 0) is 18.6 Å². The number of nitro benzene ring substituents is 1. The van der Waals surface area contributed by atoms with Crippen LogP contribution in [0, 0.1) is 17.0 Å². The maximum Gasteiger partial charge on any atom is 0.487 e. The van der Waals surface area contributed by atoms with Gasteiger partial charge in [-0.1, -0.05) is 0 Å². The smallest absolute Gasteiger partial charge is 0.420 e. The highest BCUT2D eigenvalue weighted by atomic mass is 35.5. The number of benzene rings is 1. The lowest BCUT2D eigenvalue weighted by Gasteiger charge is -2.12. The van der Waals surface area contributed by atoms with Crippen LogP contribution in [0.15, 0.2) is 18.2 Å². The molecule has 0 amide bonds. The van der Waals surface area contributed by atoms with Crippen molar-refractivity contribution in [2.75, 3.05) is 0 Å². The predicted molar refractivity (Wildman–Crippen MR) is 49.3 cm³/mol. The molecule has 0 bridgehead atoms. The number of ether oxygens (including phenoxy) is 1. The van der Waals surface area contributed by atoms with Crippen molar-refractivity contribution < 1.29 is 18.4 Å². The van der Waals surface area contributed by atoms with Crippen LogP contribution >= 0.6 is 11.6 Å². The summed E-state index contributed by atoms with van der Waals surface area (Å²) in [4.78, 5) is 9.71. The van der Waals surface area contributed by atoms with Gasteiger partial charge < -0.3 is 4.74 Å². The highest BCUT2D eigenvalue weighted by molar-refractivity contribution is 6.20. The van der Waals surface area contributed by atoms with Gasteiger partial charge in [0.15, 0.2) is 0 Å². The van der Waals surface area contributed by atoms with Crippen molar-refractivity contribution in [2.24, 2.45) is 0 Å². The summed E-state index contributed by atoms with van der Waals surface area (Å²) in [6, 6.07) is 3.26. The Hall–Kier alpha value is -1.43. The largest absolute Gasteiger partial charge is 0.487 e. The van der Waals surface area contributed by atoms with Crippen molar-refractivity contribution in [3.63, 3.8) is 0 Å². The fourth-order valence-electron chi connectivity index (χ4n) is 0.986. The second-order valence-electron chi connectivity index (χ2n) is 2.75. The van der Waals surface area contributed by atoms with E-state index in [1.165, 1.54) is 6.92 Å². The van der Waals surface area contributed by atoms with Crippen LogP contribution in [0.5, 0.6) is 5.75 Å². The van der Waals surface area contributed by atoms with Crippen molar-refractivity contribution in [3.8, 4) is 5.75 Å². The Morgan fingerprint density at radius 1 is 1.53 bits per heavy atom. The molecule has 0 atom stereocenters. The zero-order chi connectivity index (χ0) is 11.6. The minimum absolute atomic E-state index is 0.194. The number of non-ortho nitro benzene ring substituents is 1. The molecular formula is C8H6ClF2NO3. The number of rotatable bonds is 3. The van der Waals surface area contributed by atoms with Crippen LogP contribution in [0.1, 0.15) is 5.56 Å². The van der Waals surface area contributed by atoms with E-state index in [1.807, 2.05) is 0 Å². The van der Waals surface area contributed by atoms with Gasteiger partial charge in [0.1, 0.15) is 5.75 Å². The first-order chi connectivity index (χ1) is 6.79.